The van der Waals surface area contributed by atoms with Crippen LogP contribution in [0.15, 0.2) is 34.9 Å². The van der Waals surface area contributed by atoms with Gasteiger partial charge in [-0.1, -0.05) is 11.6 Å². The predicted octanol–water partition coefficient (Wildman–Crippen LogP) is 2.55. The molecule has 0 fully saturated rings. The molecule has 0 amide bonds. The molecule has 0 saturated heterocycles. The fraction of sp³-hybridized carbons (Fsp3) is 0.111. The quantitative estimate of drug-likeness (QED) is 0.627. The van der Waals surface area contributed by atoms with Gasteiger partial charge in [-0.05, 0) is 24.3 Å². The Kier molecular flexibility index (Phi) is 2.88. The lowest BCUT2D eigenvalue weighted by Gasteiger charge is -2.10. The first-order chi connectivity index (χ1) is 6.81. The Morgan fingerprint density at radius 2 is 2.29 bits per heavy atom. The van der Waals surface area contributed by atoms with E-state index in [1.54, 1.807) is 6.26 Å². The summed E-state index contributed by atoms with van der Waals surface area (Å²) in [5, 5.41) is 0. The van der Waals surface area contributed by atoms with Crippen molar-refractivity contribution in [1.82, 2.24) is 5.43 Å². The largest absolute Gasteiger partial charge is 0.467 e. The normalized spacial score (nSPS) is 13.0. The molecule has 0 bridgehead atoms. The van der Waals surface area contributed by atoms with Crippen molar-refractivity contribution in [1.29, 1.82) is 0 Å². The summed E-state index contributed by atoms with van der Waals surface area (Å²) in [6.45, 7) is 0. The van der Waals surface area contributed by atoms with Gasteiger partial charge in [0.15, 0.2) is 0 Å². The van der Waals surface area contributed by atoms with Crippen molar-refractivity contribution in [3.8, 4) is 0 Å². The number of hydrogen-bond acceptors (Lipinski definition) is 4. The number of thiophene rings is 1. The molecule has 0 spiro atoms. The SMILES string of the molecule is NNC(c1ccco1)c1ccc(Cl)s1. The van der Waals surface area contributed by atoms with E-state index in [0.717, 1.165) is 15.0 Å². The first kappa shape index (κ1) is 9.73. The smallest absolute Gasteiger partial charge is 0.127 e. The van der Waals surface area contributed by atoms with E-state index in [1.165, 1.54) is 11.3 Å². The summed E-state index contributed by atoms with van der Waals surface area (Å²) >= 11 is 7.32. The van der Waals surface area contributed by atoms with Crippen LogP contribution in [0.3, 0.4) is 0 Å². The molecule has 14 heavy (non-hydrogen) atoms. The lowest BCUT2D eigenvalue weighted by atomic mass is 10.2. The summed E-state index contributed by atoms with van der Waals surface area (Å²) in [4.78, 5) is 1.03. The third kappa shape index (κ3) is 1.83. The Balaban J connectivity index is 2.31. The van der Waals surface area contributed by atoms with Gasteiger partial charge in [0.05, 0.1) is 10.6 Å². The molecule has 0 saturated carbocycles. The number of hydrazine groups is 1. The molecule has 2 aromatic heterocycles. The summed E-state index contributed by atoms with van der Waals surface area (Å²) in [7, 11) is 0. The molecular weight excluding hydrogens is 220 g/mol. The predicted molar refractivity (Wildman–Crippen MR) is 57.2 cm³/mol. The highest BCUT2D eigenvalue weighted by atomic mass is 35.5. The Morgan fingerprint density at radius 3 is 2.79 bits per heavy atom. The maximum atomic E-state index is 5.84. The number of rotatable bonds is 3. The highest BCUT2D eigenvalue weighted by Gasteiger charge is 2.16. The average Bonchev–Trinajstić information content (AvgIpc) is 2.79. The van der Waals surface area contributed by atoms with Gasteiger partial charge in [-0.3, -0.25) is 5.84 Å². The highest BCUT2D eigenvalue weighted by molar-refractivity contribution is 7.16. The van der Waals surface area contributed by atoms with Crippen molar-refractivity contribution >= 4 is 22.9 Å². The third-order valence-electron chi connectivity index (χ3n) is 1.87. The van der Waals surface area contributed by atoms with Gasteiger partial charge in [-0.15, -0.1) is 11.3 Å². The van der Waals surface area contributed by atoms with Gasteiger partial charge in [0.25, 0.3) is 0 Å². The van der Waals surface area contributed by atoms with Crippen molar-refractivity contribution in [2.75, 3.05) is 0 Å². The molecule has 1 unspecified atom stereocenters. The van der Waals surface area contributed by atoms with E-state index in [2.05, 4.69) is 5.43 Å². The number of nitrogens with two attached hydrogens (primary N) is 1. The first-order valence-electron chi connectivity index (χ1n) is 4.06. The third-order valence-corrected chi connectivity index (χ3v) is 3.17. The maximum Gasteiger partial charge on any atom is 0.127 e. The summed E-state index contributed by atoms with van der Waals surface area (Å²) < 4.78 is 6.01. The van der Waals surface area contributed by atoms with Crippen LogP contribution in [0.1, 0.15) is 16.7 Å². The van der Waals surface area contributed by atoms with Crippen LogP contribution in [0.5, 0.6) is 0 Å². The molecule has 2 rings (SSSR count). The molecule has 3 N–H and O–H groups in total. The van der Waals surface area contributed by atoms with Crippen molar-refractivity contribution in [3.05, 3.63) is 45.5 Å². The molecule has 0 aliphatic heterocycles. The van der Waals surface area contributed by atoms with Crippen molar-refractivity contribution in [3.63, 3.8) is 0 Å². The van der Waals surface area contributed by atoms with E-state index >= 15 is 0 Å². The van der Waals surface area contributed by atoms with E-state index < -0.39 is 0 Å². The zero-order valence-electron chi connectivity index (χ0n) is 7.24. The van der Waals surface area contributed by atoms with Crippen molar-refractivity contribution in [2.24, 2.45) is 5.84 Å². The van der Waals surface area contributed by atoms with Gasteiger partial charge in [0, 0.05) is 4.88 Å². The molecule has 74 valence electrons. The van der Waals surface area contributed by atoms with Crippen molar-refractivity contribution in [2.45, 2.75) is 6.04 Å². The monoisotopic (exact) mass is 228 g/mol. The zero-order chi connectivity index (χ0) is 9.97. The van der Waals surface area contributed by atoms with Crippen LogP contribution < -0.4 is 11.3 Å². The Morgan fingerprint density at radius 1 is 1.43 bits per heavy atom. The molecule has 1 atom stereocenters. The lowest BCUT2D eigenvalue weighted by Crippen LogP contribution is -2.27. The fourth-order valence-corrected chi connectivity index (χ4v) is 2.37. The fourth-order valence-electron chi connectivity index (χ4n) is 1.24. The van der Waals surface area contributed by atoms with E-state index in [-0.39, 0.29) is 6.04 Å². The van der Waals surface area contributed by atoms with E-state index in [4.69, 9.17) is 21.9 Å². The van der Waals surface area contributed by atoms with E-state index in [9.17, 15) is 0 Å². The molecule has 2 heterocycles. The summed E-state index contributed by atoms with van der Waals surface area (Å²) in [5.74, 6) is 6.24. The number of nitrogens with one attached hydrogen (secondary N) is 1. The minimum absolute atomic E-state index is 0.123. The number of hydrogen-bond donors (Lipinski definition) is 2. The van der Waals surface area contributed by atoms with Gasteiger partial charge in [0.2, 0.25) is 0 Å². The topological polar surface area (TPSA) is 51.2 Å². The van der Waals surface area contributed by atoms with E-state index in [1.807, 2.05) is 24.3 Å². The second kappa shape index (κ2) is 4.14. The van der Waals surface area contributed by atoms with Crippen LogP contribution in [0, 0.1) is 0 Å². The van der Waals surface area contributed by atoms with Gasteiger partial charge in [-0.2, -0.15) is 0 Å². The Labute approximate surface area is 90.5 Å². The number of furan rings is 1. The first-order valence-corrected chi connectivity index (χ1v) is 5.25. The van der Waals surface area contributed by atoms with Crippen LogP contribution in [0.25, 0.3) is 0 Å². The molecule has 0 aromatic carbocycles. The Bertz CT molecular complexity index is 399. The minimum Gasteiger partial charge on any atom is -0.467 e. The lowest BCUT2D eigenvalue weighted by molar-refractivity contribution is 0.455. The van der Waals surface area contributed by atoms with Crippen LogP contribution in [0.4, 0.5) is 0 Å². The van der Waals surface area contributed by atoms with Gasteiger partial charge in [0.1, 0.15) is 11.8 Å². The second-order valence-corrected chi connectivity index (χ2v) is 4.50. The van der Waals surface area contributed by atoms with Crippen LogP contribution >= 0.6 is 22.9 Å². The second-order valence-electron chi connectivity index (χ2n) is 2.76. The molecule has 5 heteroatoms. The van der Waals surface area contributed by atoms with Crippen molar-refractivity contribution < 1.29 is 4.42 Å². The highest BCUT2D eigenvalue weighted by Crippen LogP contribution is 2.30. The zero-order valence-corrected chi connectivity index (χ0v) is 8.81. The summed E-state index contributed by atoms with van der Waals surface area (Å²) in [6, 6.07) is 7.35. The minimum atomic E-state index is -0.123. The molecule has 0 radical (unpaired) electrons. The molecule has 3 nitrogen and oxygen atoms in total. The van der Waals surface area contributed by atoms with E-state index in [0.29, 0.717) is 0 Å². The van der Waals surface area contributed by atoms with Crippen LogP contribution in [0.2, 0.25) is 4.34 Å². The number of halogens is 1. The van der Waals surface area contributed by atoms with Gasteiger partial charge < -0.3 is 4.42 Å². The average molecular weight is 229 g/mol. The molecule has 0 aliphatic carbocycles. The standard InChI is InChI=1S/C9H9ClN2OS/c10-8-4-3-7(14-8)9(12-11)6-2-1-5-13-6/h1-5,9,12H,11H2. The van der Waals surface area contributed by atoms with Gasteiger partial charge in [-0.25, -0.2) is 5.43 Å². The summed E-state index contributed by atoms with van der Waals surface area (Å²) in [6.07, 6.45) is 1.62. The van der Waals surface area contributed by atoms with Gasteiger partial charge >= 0.3 is 0 Å². The maximum absolute atomic E-state index is 5.84. The van der Waals surface area contributed by atoms with Crippen LogP contribution in [-0.4, -0.2) is 0 Å². The Hall–Kier alpha value is -0.810. The molecular formula is C9H9ClN2OS. The van der Waals surface area contributed by atoms with Crippen LogP contribution in [-0.2, 0) is 0 Å². The molecule has 0 aliphatic rings. The summed E-state index contributed by atoms with van der Waals surface area (Å²) in [5.41, 5.74) is 2.69. The molecule has 2 aromatic rings.